The highest BCUT2D eigenvalue weighted by Crippen LogP contribution is 2.26. The highest BCUT2D eigenvalue weighted by molar-refractivity contribution is 6.13. The summed E-state index contributed by atoms with van der Waals surface area (Å²) in [5, 5.41) is 10.8. The molecule has 1 aliphatic rings. The van der Waals surface area contributed by atoms with Gasteiger partial charge in [0, 0.05) is 23.3 Å². The molecule has 0 saturated heterocycles. The third-order valence-electron chi connectivity index (χ3n) is 4.75. The number of carbonyl (C=O) groups excluding carboxylic acids is 1. The first-order valence-corrected chi connectivity index (χ1v) is 9.55. The van der Waals surface area contributed by atoms with Gasteiger partial charge in [0.25, 0.3) is 5.69 Å². The molecule has 3 aromatic carbocycles. The minimum atomic E-state index is -0.525. The Morgan fingerprint density at radius 3 is 2.48 bits per heavy atom. The number of aliphatic imine (C=N–C) groups is 1. The zero-order valence-corrected chi connectivity index (χ0v) is 16.6. The first kappa shape index (κ1) is 20.0. The number of nitrogens with zero attached hydrogens (tertiary/aromatic N) is 2. The minimum absolute atomic E-state index is 0.0240. The fourth-order valence-corrected chi connectivity index (χ4v) is 3.09. The molecule has 7 heteroatoms. The predicted octanol–water partition coefficient (Wildman–Crippen LogP) is 4.83. The summed E-state index contributed by atoms with van der Waals surface area (Å²) in [6.45, 7) is 2.15. The van der Waals surface area contributed by atoms with Crippen molar-refractivity contribution >= 4 is 23.6 Å². The number of hydrogen-bond donors (Lipinski definition) is 0. The average molecular weight is 414 g/mol. The molecule has 0 fully saturated rings. The Bertz CT molecular complexity index is 1210. The van der Waals surface area contributed by atoms with Gasteiger partial charge in [-0.2, -0.15) is 0 Å². The molecule has 31 heavy (non-hydrogen) atoms. The van der Waals surface area contributed by atoms with Crippen LogP contribution in [0.3, 0.4) is 0 Å². The number of esters is 1. The molecule has 0 aromatic heterocycles. The summed E-state index contributed by atoms with van der Waals surface area (Å²) in [4.78, 5) is 27.1. The van der Waals surface area contributed by atoms with Crippen molar-refractivity contribution in [1.82, 2.24) is 0 Å². The molecule has 0 saturated carbocycles. The summed E-state index contributed by atoms with van der Waals surface area (Å²) in [5.74, 6) is 0.308. The fraction of sp³-hybridized carbons (Fsp3) is 0.0833. The zero-order valence-electron chi connectivity index (χ0n) is 16.6. The SMILES string of the molecule is Cc1ccccc1C1=N/C(=C\c2ccccc2OCc2ccc([N+](=O)[O-])cc2)C(=O)O1. The van der Waals surface area contributed by atoms with Crippen molar-refractivity contribution in [3.05, 3.63) is 111 Å². The maximum Gasteiger partial charge on any atom is 0.363 e. The highest BCUT2D eigenvalue weighted by Gasteiger charge is 2.25. The molecule has 4 rings (SSSR count). The van der Waals surface area contributed by atoms with E-state index in [1.807, 2.05) is 49.4 Å². The lowest BCUT2D eigenvalue weighted by atomic mass is 10.1. The van der Waals surface area contributed by atoms with Crippen LogP contribution >= 0.6 is 0 Å². The maximum atomic E-state index is 12.4. The lowest BCUT2D eigenvalue weighted by Crippen LogP contribution is -2.06. The Kier molecular flexibility index (Phi) is 5.57. The minimum Gasteiger partial charge on any atom is -0.488 e. The summed E-state index contributed by atoms with van der Waals surface area (Å²) in [7, 11) is 0. The number of cyclic esters (lactones) is 1. The third kappa shape index (κ3) is 4.51. The van der Waals surface area contributed by atoms with E-state index in [0.29, 0.717) is 11.3 Å². The van der Waals surface area contributed by atoms with Crippen LogP contribution in [0.25, 0.3) is 6.08 Å². The molecule has 0 amide bonds. The average Bonchev–Trinajstić information content (AvgIpc) is 3.13. The van der Waals surface area contributed by atoms with Crippen LogP contribution < -0.4 is 4.74 Å². The number of nitro groups is 1. The zero-order chi connectivity index (χ0) is 21.8. The Hall–Kier alpha value is -4.26. The Morgan fingerprint density at radius 2 is 1.74 bits per heavy atom. The molecule has 0 N–H and O–H groups in total. The summed E-state index contributed by atoms with van der Waals surface area (Å²) in [6, 6.07) is 21.0. The van der Waals surface area contributed by atoms with Crippen LogP contribution in [-0.4, -0.2) is 16.8 Å². The largest absolute Gasteiger partial charge is 0.488 e. The lowest BCUT2D eigenvalue weighted by Gasteiger charge is -2.09. The van der Waals surface area contributed by atoms with Crippen molar-refractivity contribution in [2.45, 2.75) is 13.5 Å². The van der Waals surface area contributed by atoms with E-state index in [2.05, 4.69) is 4.99 Å². The number of aryl methyl sites for hydroxylation is 1. The lowest BCUT2D eigenvalue weighted by molar-refractivity contribution is -0.384. The Balaban J connectivity index is 1.55. The van der Waals surface area contributed by atoms with Gasteiger partial charge in [-0.05, 0) is 48.4 Å². The van der Waals surface area contributed by atoms with Crippen LogP contribution in [0.5, 0.6) is 5.75 Å². The van der Waals surface area contributed by atoms with Crippen LogP contribution in [0.4, 0.5) is 5.69 Å². The van der Waals surface area contributed by atoms with Crippen LogP contribution in [-0.2, 0) is 16.1 Å². The molecular weight excluding hydrogens is 396 g/mol. The molecular formula is C24H18N2O5. The molecule has 0 bridgehead atoms. The van der Waals surface area contributed by atoms with E-state index in [-0.39, 0.29) is 23.9 Å². The van der Waals surface area contributed by atoms with E-state index < -0.39 is 10.9 Å². The third-order valence-corrected chi connectivity index (χ3v) is 4.75. The van der Waals surface area contributed by atoms with Gasteiger partial charge in [0.2, 0.25) is 5.90 Å². The fourth-order valence-electron chi connectivity index (χ4n) is 3.09. The molecule has 3 aromatic rings. The first-order valence-electron chi connectivity index (χ1n) is 9.55. The van der Waals surface area contributed by atoms with Gasteiger partial charge in [-0.15, -0.1) is 0 Å². The van der Waals surface area contributed by atoms with Gasteiger partial charge in [0.1, 0.15) is 12.4 Å². The van der Waals surface area contributed by atoms with Crippen LogP contribution in [0.1, 0.15) is 22.3 Å². The highest BCUT2D eigenvalue weighted by atomic mass is 16.6. The Labute approximate surface area is 178 Å². The maximum absolute atomic E-state index is 12.4. The van der Waals surface area contributed by atoms with Gasteiger partial charge >= 0.3 is 5.97 Å². The van der Waals surface area contributed by atoms with Crippen molar-refractivity contribution in [2.24, 2.45) is 4.99 Å². The van der Waals surface area contributed by atoms with Gasteiger partial charge < -0.3 is 9.47 Å². The summed E-state index contributed by atoms with van der Waals surface area (Å²) in [6.07, 6.45) is 1.62. The van der Waals surface area contributed by atoms with E-state index >= 15 is 0 Å². The van der Waals surface area contributed by atoms with Crippen molar-refractivity contribution < 1.29 is 19.2 Å². The molecule has 154 valence electrons. The molecule has 1 heterocycles. The summed E-state index contributed by atoms with van der Waals surface area (Å²) in [5.41, 5.74) is 3.39. The molecule has 0 spiro atoms. The predicted molar refractivity (Wildman–Crippen MR) is 116 cm³/mol. The molecule has 7 nitrogen and oxygen atoms in total. The standard InChI is InChI=1S/C24H18N2O5/c1-16-6-2-4-8-20(16)23-25-21(24(27)31-23)14-18-7-3-5-9-22(18)30-15-17-10-12-19(13-11-17)26(28)29/h2-14H,15H2,1H3/b21-14-. The second kappa shape index (κ2) is 8.62. The molecule has 0 aliphatic carbocycles. The molecule has 0 atom stereocenters. The van der Waals surface area contributed by atoms with E-state index in [9.17, 15) is 14.9 Å². The number of benzene rings is 3. The Morgan fingerprint density at radius 1 is 1.03 bits per heavy atom. The van der Waals surface area contributed by atoms with Gasteiger partial charge in [-0.1, -0.05) is 36.4 Å². The van der Waals surface area contributed by atoms with Gasteiger partial charge in [0.05, 0.1) is 4.92 Å². The topological polar surface area (TPSA) is 91.0 Å². The normalized spacial score (nSPS) is 14.3. The van der Waals surface area contributed by atoms with Crippen LogP contribution in [0.15, 0.2) is 83.5 Å². The van der Waals surface area contributed by atoms with Crippen LogP contribution in [0, 0.1) is 17.0 Å². The van der Waals surface area contributed by atoms with Crippen molar-refractivity contribution in [3.63, 3.8) is 0 Å². The van der Waals surface area contributed by atoms with Crippen molar-refractivity contribution in [3.8, 4) is 5.75 Å². The smallest absolute Gasteiger partial charge is 0.363 e. The number of hydrogen-bond acceptors (Lipinski definition) is 6. The number of ether oxygens (including phenoxy) is 2. The number of carbonyl (C=O) groups is 1. The monoisotopic (exact) mass is 414 g/mol. The number of non-ortho nitro benzene ring substituents is 1. The van der Waals surface area contributed by atoms with Crippen molar-refractivity contribution in [2.75, 3.05) is 0 Å². The first-order chi connectivity index (χ1) is 15.0. The quantitative estimate of drug-likeness (QED) is 0.249. The van der Waals surface area contributed by atoms with E-state index in [1.54, 1.807) is 24.3 Å². The van der Waals surface area contributed by atoms with E-state index in [0.717, 1.165) is 16.7 Å². The van der Waals surface area contributed by atoms with Crippen molar-refractivity contribution in [1.29, 1.82) is 0 Å². The van der Waals surface area contributed by atoms with Gasteiger partial charge in [-0.25, -0.2) is 9.79 Å². The second-order valence-electron chi connectivity index (χ2n) is 6.90. The van der Waals surface area contributed by atoms with Crippen LogP contribution in [0.2, 0.25) is 0 Å². The van der Waals surface area contributed by atoms with Gasteiger partial charge in [-0.3, -0.25) is 10.1 Å². The molecule has 0 unspecified atom stereocenters. The second-order valence-corrected chi connectivity index (χ2v) is 6.90. The number of para-hydroxylation sites is 1. The summed E-state index contributed by atoms with van der Waals surface area (Å²) >= 11 is 0. The molecule has 0 radical (unpaired) electrons. The van der Waals surface area contributed by atoms with E-state index in [1.165, 1.54) is 12.1 Å². The number of nitro benzene ring substituents is 1. The van der Waals surface area contributed by atoms with E-state index in [4.69, 9.17) is 9.47 Å². The molecule has 1 aliphatic heterocycles. The summed E-state index contributed by atoms with van der Waals surface area (Å²) < 4.78 is 11.2. The number of rotatable bonds is 6. The van der Waals surface area contributed by atoms with Gasteiger partial charge in [0.15, 0.2) is 5.70 Å².